The predicted octanol–water partition coefficient (Wildman–Crippen LogP) is 3.28. The summed E-state index contributed by atoms with van der Waals surface area (Å²) in [6, 6.07) is 4.74. The van der Waals surface area contributed by atoms with E-state index in [-0.39, 0.29) is 23.0 Å². The number of hydrogen-bond acceptors (Lipinski definition) is 4. The van der Waals surface area contributed by atoms with Crippen LogP contribution in [0.2, 0.25) is 0 Å². The van der Waals surface area contributed by atoms with Crippen LogP contribution in [0.25, 0.3) is 11.6 Å². The van der Waals surface area contributed by atoms with Gasteiger partial charge in [0.15, 0.2) is 0 Å². The van der Waals surface area contributed by atoms with Crippen LogP contribution in [-0.4, -0.2) is 59.0 Å². The number of aromatic carboxylic acids is 1. The van der Waals surface area contributed by atoms with E-state index in [4.69, 9.17) is 0 Å². The fraction of sp³-hybridized carbons (Fsp3) is 0.375. The third-order valence-electron chi connectivity index (χ3n) is 5.88. The summed E-state index contributed by atoms with van der Waals surface area (Å²) >= 11 is 0. The molecule has 0 saturated heterocycles. The Morgan fingerprint density at radius 2 is 1.91 bits per heavy atom. The summed E-state index contributed by atoms with van der Waals surface area (Å²) in [5.41, 5.74) is 3.70. The lowest BCUT2D eigenvalue weighted by Gasteiger charge is -2.17. The highest BCUT2D eigenvalue weighted by Gasteiger charge is 2.29. The summed E-state index contributed by atoms with van der Waals surface area (Å²) in [5.74, 6) is -1.64. The van der Waals surface area contributed by atoms with Gasteiger partial charge in [-0.3, -0.25) is 9.59 Å². The number of aromatic amines is 1. The van der Waals surface area contributed by atoms with E-state index < -0.39 is 5.97 Å². The molecular weight excluding hydrogens is 408 g/mol. The first-order chi connectivity index (χ1) is 15.3. The Hall–Kier alpha value is -3.39. The molecule has 0 unspecified atom stereocenters. The van der Waals surface area contributed by atoms with Gasteiger partial charge in [0.2, 0.25) is 0 Å². The van der Waals surface area contributed by atoms with Gasteiger partial charge in [-0.1, -0.05) is 19.9 Å². The molecule has 8 heteroatoms. The van der Waals surface area contributed by atoms with E-state index in [1.807, 2.05) is 13.8 Å². The van der Waals surface area contributed by atoms with Crippen LogP contribution < -0.4 is 10.6 Å². The third kappa shape index (κ3) is 4.60. The quantitative estimate of drug-likeness (QED) is 0.354. The van der Waals surface area contributed by atoms with E-state index in [2.05, 4.69) is 34.4 Å². The van der Waals surface area contributed by atoms with Crippen molar-refractivity contribution in [3.05, 3.63) is 51.8 Å². The van der Waals surface area contributed by atoms with Gasteiger partial charge < -0.3 is 25.6 Å². The molecule has 0 fully saturated rings. The Balaban J connectivity index is 1.83. The number of nitrogens with one attached hydrogen (secondary N) is 3. The van der Waals surface area contributed by atoms with Gasteiger partial charge >= 0.3 is 5.97 Å². The topological polar surface area (TPSA) is 115 Å². The number of fused-ring (bicyclic) bond motifs is 1. The van der Waals surface area contributed by atoms with Crippen LogP contribution in [0.5, 0.6) is 0 Å². The van der Waals surface area contributed by atoms with Crippen molar-refractivity contribution in [3.8, 4) is 0 Å². The van der Waals surface area contributed by atoms with E-state index in [1.54, 1.807) is 18.2 Å². The van der Waals surface area contributed by atoms with Crippen molar-refractivity contribution in [2.75, 3.05) is 31.5 Å². The van der Waals surface area contributed by atoms with Gasteiger partial charge in [-0.2, -0.15) is 0 Å². The van der Waals surface area contributed by atoms with Crippen molar-refractivity contribution in [3.63, 3.8) is 0 Å². The summed E-state index contributed by atoms with van der Waals surface area (Å²) in [4.78, 5) is 42.5. The minimum atomic E-state index is -1.10. The number of aromatic nitrogens is 1. The molecule has 0 bridgehead atoms. The van der Waals surface area contributed by atoms with Gasteiger partial charge in [0.05, 0.1) is 16.7 Å². The second kappa shape index (κ2) is 9.82. The predicted molar refractivity (Wildman–Crippen MR) is 125 cm³/mol. The highest BCUT2D eigenvalue weighted by atomic mass is 16.4. The van der Waals surface area contributed by atoms with Crippen molar-refractivity contribution in [2.45, 2.75) is 34.1 Å². The van der Waals surface area contributed by atoms with Crippen molar-refractivity contribution >= 4 is 35.1 Å². The maximum absolute atomic E-state index is 12.8. The van der Waals surface area contributed by atoms with Crippen LogP contribution >= 0.6 is 0 Å². The minimum Gasteiger partial charge on any atom is -0.478 e. The van der Waals surface area contributed by atoms with Crippen LogP contribution in [0.3, 0.4) is 0 Å². The molecule has 2 aromatic rings. The monoisotopic (exact) mass is 438 g/mol. The summed E-state index contributed by atoms with van der Waals surface area (Å²) in [6.45, 7) is 11.3. The number of aryl methyl sites for hydroxylation is 1. The Bertz CT molecular complexity index is 1080. The molecule has 32 heavy (non-hydrogen) atoms. The number of amides is 2. The number of benzene rings is 1. The first-order valence-electron chi connectivity index (χ1n) is 10.9. The fourth-order valence-electron chi connectivity index (χ4n) is 4.10. The zero-order valence-corrected chi connectivity index (χ0v) is 19.0. The normalized spacial score (nSPS) is 14.0. The van der Waals surface area contributed by atoms with Gasteiger partial charge in [0.1, 0.15) is 0 Å². The molecule has 1 aromatic heterocycles. The third-order valence-corrected chi connectivity index (χ3v) is 5.88. The Labute approximate surface area is 187 Å². The number of carbonyl (C=O) groups is 3. The number of H-pyrrole nitrogens is 1. The highest BCUT2D eigenvalue weighted by molar-refractivity contribution is 6.36. The molecule has 0 spiro atoms. The molecule has 1 aromatic carbocycles. The number of carboxylic acids is 1. The summed E-state index contributed by atoms with van der Waals surface area (Å²) in [5, 5.41) is 15.2. The van der Waals surface area contributed by atoms with Crippen molar-refractivity contribution in [2.24, 2.45) is 0 Å². The van der Waals surface area contributed by atoms with Crippen molar-refractivity contribution < 1.29 is 19.5 Å². The Morgan fingerprint density at radius 1 is 1.19 bits per heavy atom. The lowest BCUT2D eigenvalue weighted by Crippen LogP contribution is -2.30. The molecule has 1 aliphatic rings. The van der Waals surface area contributed by atoms with E-state index in [0.29, 0.717) is 40.3 Å². The minimum absolute atomic E-state index is 0.0548. The number of hydrogen-bond donors (Lipinski definition) is 4. The summed E-state index contributed by atoms with van der Waals surface area (Å²) < 4.78 is 0. The molecule has 170 valence electrons. The van der Waals surface area contributed by atoms with Gasteiger partial charge in [0, 0.05) is 29.2 Å². The molecule has 0 atom stereocenters. The van der Waals surface area contributed by atoms with E-state index in [9.17, 15) is 19.5 Å². The Morgan fingerprint density at radius 3 is 2.56 bits per heavy atom. The number of carboxylic acid groups (broad SMARTS) is 1. The van der Waals surface area contributed by atoms with E-state index in [0.717, 1.165) is 26.1 Å². The number of rotatable bonds is 9. The number of anilines is 1. The number of carbonyl (C=O) groups excluding carboxylic acids is 2. The number of nitrogens with zero attached hydrogens (tertiary/aromatic N) is 1. The molecule has 3 rings (SSSR count). The Kier molecular flexibility index (Phi) is 7.15. The van der Waals surface area contributed by atoms with Gasteiger partial charge in [0.25, 0.3) is 11.8 Å². The molecule has 2 heterocycles. The molecule has 0 saturated carbocycles. The van der Waals surface area contributed by atoms with Gasteiger partial charge in [-0.05, 0) is 63.7 Å². The molecule has 2 amide bonds. The molecule has 8 nitrogen and oxygen atoms in total. The van der Waals surface area contributed by atoms with Crippen LogP contribution in [0.15, 0.2) is 18.2 Å². The maximum atomic E-state index is 12.8. The van der Waals surface area contributed by atoms with Crippen molar-refractivity contribution in [1.29, 1.82) is 0 Å². The van der Waals surface area contributed by atoms with Crippen LogP contribution in [-0.2, 0) is 4.79 Å². The average Bonchev–Trinajstić information content (AvgIpc) is 3.23. The summed E-state index contributed by atoms with van der Waals surface area (Å²) in [6.07, 6.45) is 2.48. The second-order valence-corrected chi connectivity index (χ2v) is 7.85. The maximum Gasteiger partial charge on any atom is 0.336 e. The lowest BCUT2D eigenvalue weighted by atomic mass is 9.98. The average molecular weight is 439 g/mol. The lowest BCUT2D eigenvalue weighted by molar-refractivity contribution is -0.110. The molecule has 0 radical (unpaired) electrons. The summed E-state index contributed by atoms with van der Waals surface area (Å²) in [7, 11) is 0. The zero-order valence-electron chi connectivity index (χ0n) is 19.0. The molecule has 1 aliphatic heterocycles. The first kappa shape index (κ1) is 23.3. The standard InChI is InChI=1S/C24H30N4O4/c1-5-28(6-2)12-8-11-25-23(30)20-14(3)19(26-15(20)4)13-17-21-16(24(31)32)9-7-10-18(21)27-22(17)29/h7,9-10,13,26H,5-6,8,11-12H2,1-4H3,(H,25,30)(H,27,29)(H,31,32). The smallest absolute Gasteiger partial charge is 0.336 e. The molecule has 0 aliphatic carbocycles. The SMILES string of the molecule is CCN(CC)CCCNC(=O)c1c(C)[nH]c(C=C2C(=O)Nc3cccc(C(=O)O)c32)c1C. The van der Waals surface area contributed by atoms with Crippen LogP contribution in [0.1, 0.15) is 63.5 Å². The van der Waals surface area contributed by atoms with Gasteiger partial charge in [-0.25, -0.2) is 4.79 Å². The van der Waals surface area contributed by atoms with Crippen LogP contribution in [0.4, 0.5) is 5.69 Å². The molecular formula is C24H30N4O4. The first-order valence-corrected chi connectivity index (χ1v) is 10.9. The van der Waals surface area contributed by atoms with E-state index >= 15 is 0 Å². The van der Waals surface area contributed by atoms with Crippen LogP contribution in [0, 0.1) is 13.8 Å². The fourth-order valence-corrected chi connectivity index (χ4v) is 4.10. The van der Waals surface area contributed by atoms with Gasteiger partial charge in [-0.15, -0.1) is 0 Å². The highest BCUT2D eigenvalue weighted by Crippen LogP contribution is 2.36. The zero-order chi connectivity index (χ0) is 23.4. The second-order valence-electron chi connectivity index (χ2n) is 7.85. The molecule has 4 N–H and O–H groups in total. The van der Waals surface area contributed by atoms with E-state index in [1.165, 1.54) is 6.07 Å². The van der Waals surface area contributed by atoms with Crippen molar-refractivity contribution in [1.82, 2.24) is 15.2 Å². The largest absolute Gasteiger partial charge is 0.478 e.